The van der Waals surface area contributed by atoms with E-state index in [9.17, 15) is 13.6 Å². The molecule has 1 aliphatic heterocycles. The summed E-state index contributed by atoms with van der Waals surface area (Å²) >= 11 is 0. The van der Waals surface area contributed by atoms with E-state index in [1.807, 2.05) is 11.0 Å². The molecule has 1 atom stereocenters. The molecule has 0 radical (unpaired) electrons. The van der Waals surface area contributed by atoms with Crippen molar-refractivity contribution in [3.05, 3.63) is 66.0 Å². The van der Waals surface area contributed by atoms with E-state index in [1.54, 1.807) is 18.2 Å². The maximum atomic E-state index is 14.0. The van der Waals surface area contributed by atoms with Crippen molar-refractivity contribution < 1.29 is 13.6 Å². The summed E-state index contributed by atoms with van der Waals surface area (Å²) in [6.07, 6.45) is 2.95. The van der Waals surface area contributed by atoms with Crippen molar-refractivity contribution in [1.82, 2.24) is 25.1 Å². The first-order valence-corrected chi connectivity index (χ1v) is 8.92. The predicted octanol–water partition coefficient (Wildman–Crippen LogP) is 2.54. The summed E-state index contributed by atoms with van der Waals surface area (Å²) < 4.78 is 28.9. The highest BCUT2D eigenvalue weighted by molar-refractivity contribution is 5.95. The maximum absolute atomic E-state index is 14.0. The molecule has 144 valence electrons. The topological polar surface area (TPSA) is 75.9 Å². The second kappa shape index (κ2) is 7.81. The van der Waals surface area contributed by atoms with Gasteiger partial charge in [-0.3, -0.25) is 9.69 Å². The van der Waals surface area contributed by atoms with Crippen LogP contribution in [0.2, 0.25) is 0 Å². The fraction of sp³-hybridized carbons (Fsp3) is 0.263. The Morgan fingerprint density at radius 3 is 2.93 bits per heavy atom. The molecule has 2 aromatic carbocycles. The number of halogens is 2. The van der Waals surface area contributed by atoms with E-state index in [1.165, 1.54) is 17.1 Å². The Balaban J connectivity index is 1.47. The molecule has 7 nitrogen and oxygen atoms in total. The van der Waals surface area contributed by atoms with E-state index in [0.29, 0.717) is 24.3 Å². The van der Waals surface area contributed by atoms with Crippen molar-refractivity contribution in [2.45, 2.75) is 25.4 Å². The van der Waals surface area contributed by atoms with E-state index in [4.69, 9.17) is 0 Å². The number of carbonyl (C=O) groups excluding carboxylic acids is 1. The predicted molar refractivity (Wildman–Crippen MR) is 97.6 cm³/mol. The summed E-state index contributed by atoms with van der Waals surface area (Å²) in [7, 11) is 0. The number of likely N-dealkylation sites (tertiary alicyclic amines) is 1. The van der Waals surface area contributed by atoms with Crippen LogP contribution in [0, 0.1) is 11.6 Å². The van der Waals surface area contributed by atoms with E-state index < -0.39 is 17.7 Å². The number of anilines is 1. The van der Waals surface area contributed by atoms with Crippen LogP contribution in [-0.2, 0) is 11.3 Å². The van der Waals surface area contributed by atoms with Crippen LogP contribution >= 0.6 is 0 Å². The third kappa shape index (κ3) is 3.89. The number of rotatable bonds is 5. The summed E-state index contributed by atoms with van der Waals surface area (Å²) in [6.45, 7) is 0.838. The number of hydrogen-bond acceptors (Lipinski definition) is 5. The van der Waals surface area contributed by atoms with Crippen LogP contribution in [0.25, 0.3) is 5.69 Å². The van der Waals surface area contributed by atoms with E-state index in [0.717, 1.165) is 18.6 Å². The number of aromatic nitrogens is 4. The number of nitrogens with zero attached hydrogens (tertiary/aromatic N) is 5. The highest BCUT2D eigenvalue weighted by Gasteiger charge is 2.31. The Labute approximate surface area is 160 Å². The maximum Gasteiger partial charge on any atom is 0.241 e. The second-order valence-corrected chi connectivity index (χ2v) is 6.66. The van der Waals surface area contributed by atoms with Crippen LogP contribution in [0.4, 0.5) is 14.5 Å². The van der Waals surface area contributed by atoms with Gasteiger partial charge in [0.25, 0.3) is 0 Å². The molecule has 9 heteroatoms. The minimum atomic E-state index is -0.490. The first-order chi connectivity index (χ1) is 13.6. The van der Waals surface area contributed by atoms with Gasteiger partial charge in [0.15, 0.2) is 0 Å². The Bertz CT molecular complexity index is 978. The largest absolute Gasteiger partial charge is 0.325 e. The lowest BCUT2D eigenvalue weighted by atomic mass is 10.1. The van der Waals surface area contributed by atoms with Crippen LogP contribution < -0.4 is 5.32 Å². The van der Waals surface area contributed by atoms with Crippen molar-refractivity contribution >= 4 is 11.6 Å². The zero-order valence-electron chi connectivity index (χ0n) is 14.9. The van der Waals surface area contributed by atoms with Crippen molar-refractivity contribution in [2.75, 3.05) is 11.9 Å². The molecule has 3 aromatic rings. The molecule has 28 heavy (non-hydrogen) atoms. The van der Waals surface area contributed by atoms with Gasteiger partial charge in [0.1, 0.15) is 18.0 Å². The summed E-state index contributed by atoms with van der Waals surface area (Å²) in [5, 5.41) is 13.9. The van der Waals surface area contributed by atoms with E-state index in [-0.39, 0.29) is 18.0 Å². The minimum absolute atomic E-state index is 0.178. The van der Waals surface area contributed by atoms with Crippen molar-refractivity contribution in [2.24, 2.45) is 0 Å². The number of benzene rings is 2. The third-order valence-corrected chi connectivity index (χ3v) is 4.77. The molecule has 4 rings (SSSR count). The minimum Gasteiger partial charge on any atom is -0.325 e. The van der Waals surface area contributed by atoms with Gasteiger partial charge in [-0.05, 0) is 66.2 Å². The molecule has 0 unspecified atom stereocenters. The number of nitrogens with one attached hydrogen (secondary N) is 1. The van der Waals surface area contributed by atoms with Crippen LogP contribution in [0.5, 0.6) is 0 Å². The molecule has 0 spiro atoms. The summed E-state index contributed by atoms with van der Waals surface area (Å²) in [4.78, 5) is 14.7. The molecule has 0 bridgehead atoms. The average Bonchev–Trinajstić information content (AvgIpc) is 3.37. The number of tetrazole rings is 1. The summed E-state index contributed by atoms with van der Waals surface area (Å²) in [5.41, 5.74) is 1.58. The number of hydrogen-bond donors (Lipinski definition) is 1. The second-order valence-electron chi connectivity index (χ2n) is 6.66. The molecule has 1 aromatic heterocycles. The van der Waals surface area contributed by atoms with Gasteiger partial charge in [-0.25, -0.2) is 13.5 Å². The zero-order valence-corrected chi connectivity index (χ0v) is 14.9. The molecule has 1 aliphatic rings. The Morgan fingerprint density at radius 2 is 2.11 bits per heavy atom. The van der Waals surface area contributed by atoms with Crippen LogP contribution in [-0.4, -0.2) is 43.6 Å². The molecule has 0 aliphatic carbocycles. The molecule has 1 amide bonds. The standard InChI is InChI=1S/C19H18F2N6O/c20-14-6-7-17(21)13(9-14)11-26-8-2-5-18(26)19(28)23-15-3-1-4-16(10-15)27-12-22-24-25-27/h1,3-4,6-7,9-10,12,18H,2,5,8,11H2,(H,23,28)/t18-/m0/s1. The normalized spacial score (nSPS) is 17.0. The number of carbonyl (C=O) groups is 1. The first kappa shape index (κ1) is 18.2. The molecule has 1 N–H and O–H groups in total. The van der Waals surface area contributed by atoms with Crippen LogP contribution in [0.15, 0.2) is 48.8 Å². The van der Waals surface area contributed by atoms with E-state index in [2.05, 4.69) is 20.8 Å². The molecule has 1 fully saturated rings. The zero-order chi connectivity index (χ0) is 19.5. The highest BCUT2D eigenvalue weighted by Crippen LogP contribution is 2.23. The lowest BCUT2D eigenvalue weighted by Crippen LogP contribution is -2.39. The average molecular weight is 384 g/mol. The molecular formula is C19H18F2N6O. The van der Waals surface area contributed by atoms with Crippen molar-refractivity contribution in [1.29, 1.82) is 0 Å². The van der Waals surface area contributed by atoms with Crippen LogP contribution in [0.1, 0.15) is 18.4 Å². The van der Waals surface area contributed by atoms with Gasteiger partial charge in [-0.15, -0.1) is 5.10 Å². The van der Waals surface area contributed by atoms with Gasteiger partial charge in [0.05, 0.1) is 11.7 Å². The molecule has 0 saturated carbocycles. The lowest BCUT2D eigenvalue weighted by Gasteiger charge is -2.24. The number of amides is 1. The van der Waals surface area contributed by atoms with Gasteiger partial charge in [-0.2, -0.15) is 0 Å². The third-order valence-electron chi connectivity index (χ3n) is 4.77. The van der Waals surface area contributed by atoms with Crippen molar-refractivity contribution in [3.8, 4) is 5.69 Å². The Kier molecular flexibility index (Phi) is 5.07. The Hall–Kier alpha value is -3.20. The molecule has 2 heterocycles. The molecule has 1 saturated heterocycles. The van der Waals surface area contributed by atoms with Gasteiger partial charge < -0.3 is 5.32 Å². The summed E-state index contributed by atoms with van der Waals surface area (Å²) in [6, 6.07) is 10.1. The fourth-order valence-corrected chi connectivity index (χ4v) is 3.43. The first-order valence-electron chi connectivity index (χ1n) is 8.92. The Morgan fingerprint density at radius 1 is 1.21 bits per heavy atom. The van der Waals surface area contributed by atoms with Gasteiger partial charge in [0.2, 0.25) is 5.91 Å². The summed E-state index contributed by atoms with van der Waals surface area (Å²) in [5.74, 6) is -1.14. The van der Waals surface area contributed by atoms with Gasteiger partial charge >= 0.3 is 0 Å². The van der Waals surface area contributed by atoms with Crippen LogP contribution in [0.3, 0.4) is 0 Å². The van der Waals surface area contributed by atoms with E-state index >= 15 is 0 Å². The fourth-order valence-electron chi connectivity index (χ4n) is 3.43. The smallest absolute Gasteiger partial charge is 0.241 e. The monoisotopic (exact) mass is 384 g/mol. The SMILES string of the molecule is O=C(Nc1cccc(-n2cnnn2)c1)[C@@H]1CCCN1Cc1cc(F)ccc1F. The highest BCUT2D eigenvalue weighted by atomic mass is 19.1. The van der Waals surface area contributed by atoms with Gasteiger partial charge in [-0.1, -0.05) is 6.07 Å². The molecular weight excluding hydrogens is 366 g/mol. The van der Waals surface area contributed by atoms with Gasteiger partial charge in [0, 0.05) is 17.8 Å². The quantitative estimate of drug-likeness (QED) is 0.732. The lowest BCUT2D eigenvalue weighted by molar-refractivity contribution is -0.120. The van der Waals surface area contributed by atoms with Crippen molar-refractivity contribution in [3.63, 3.8) is 0 Å².